The highest BCUT2D eigenvalue weighted by Crippen LogP contribution is 2.30. The molecule has 3 rings (SSSR count). The number of ether oxygens (including phenoxy) is 1. The van der Waals surface area contributed by atoms with Gasteiger partial charge in [0, 0.05) is 6.54 Å². The Balaban J connectivity index is 1.81. The lowest BCUT2D eigenvalue weighted by molar-refractivity contribution is -0.119. The van der Waals surface area contributed by atoms with Crippen LogP contribution in [-0.2, 0) is 21.4 Å². The van der Waals surface area contributed by atoms with Crippen LogP contribution >= 0.6 is 11.6 Å². The predicted molar refractivity (Wildman–Crippen MR) is 131 cm³/mol. The number of carbonyl (C=O) groups excluding carboxylic acids is 1. The van der Waals surface area contributed by atoms with Crippen LogP contribution in [0.2, 0.25) is 5.02 Å². The molecule has 0 saturated heterocycles. The van der Waals surface area contributed by atoms with Gasteiger partial charge in [-0.2, -0.15) is 0 Å². The highest BCUT2D eigenvalue weighted by Gasteiger charge is 2.28. The van der Waals surface area contributed by atoms with Crippen molar-refractivity contribution in [3.05, 3.63) is 88.9 Å². The van der Waals surface area contributed by atoms with Gasteiger partial charge in [-0.3, -0.25) is 9.10 Å². The number of hydrogen-bond acceptors (Lipinski definition) is 4. The van der Waals surface area contributed by atoms with Crippen molar-refractivity contribution in [2.24, 2.45) is 0 Å². The molecule has 0 spiro atoms. The molecular formula is C25H27ClN2O4S. The Labute approximate surface area is 200 Å². The molecule has 0 aromatic heterocycles. The van der Waals surface area contributed by atoms with Crippen LogP contribution in [-0.4, -0.2) is 27.0 Å². The zero-order valence-electron chi connectivity index (χ0n) is 18.8. The van der Waals surface area contributed by atoms with E-state index in [1.165, 1.54) is 12.1 Å². The number of anilines is 1. The first kappa shape index (κ1) is 24.6. The first-order valence-corrected chi connectivity index (χ1v) is 12.3. The molecule has 0 aliphatic rings. The molecule has 3 aromatic carbocycles. The van der Waals surface area contributed by atoms with Crippen molar-refractivity contribution >= 4 is 33.2 Å². The van der Waals surface area contributed by atoms with Crippen LogP contribution in [0.25, 0.3) is 0 Å². The summed E-state index contributed by atoms with van der Waals surface area (Å²) in [4.78, 5) is 12.9. The van der Waals surface area contributed by atoms with Crippen molar-refractivity contribution in [3.63, 3.8) is 0 Å². The van der Waals surface area contributed by atoms with Crippen molar-refractivity contribution < 1.29 is 17.9 Å². The monoisotopic (exact) mass is 486 g/mol. The van der Waals surface area contributed by atoms with Crippen molar-refractivity contribution in [3.8, 4) is 5.75 Å². The van der Waals surface area contributed by atoms with Gasteiger partial charge in [-0.15, -0.1) is 0 Å². The van der Waals surface area contributed by atoms with Crippen LogP contribution in [0, 0.1) is 6.92 Å². The Morgan fingerprint density at radius 3 is 2.39 bits per heavy atom. The fourth-order valence-corrected chi connectivity index (χ4v) is 4.91. The molecule has 3 aromatic rings. The number of amides is 1. The number of sulfonamides is 1. The van der Waals surface area contributed by atoms with E-state index in [1.807, 2.05) is 45.0 Å². The van der Waals surface area contributed by atoms with Crippen molar-refractivity contribution in [2.45, 2.75) is 38.3 Å². The second-order valence-corrected chi connectivity index (χ2v) is 10.1. The largest absolute Gasteiger partial charge is 0.491 e. The second kappa shape index (κ2) is 10.7. The number of halogens is 1. The first-order chi connectivity index (χ1) is 15.7. The molecule has 6 nitrogen and oxygen atoms in total. The van der Waals surface area contributed by atoms with Crippen molar-refractivity contribution in [2.75, 3.05) is 10.8 Å². The van der Waals surface area contributed by atoms with E-state index in [2.05, 4.69) is 5.32 Å². The van der Waals surface area contributed by atoms with E-state index in [9.17, 15) is 13.2 Å². The third-order valence-electron chi connectivity index (χ3n) is 4.78. The Kier molecular flexibility index (Phi) is 8.00. The molecule has 0 aliphatic carbocycles. The fraction of sp³-hybridized carbons (Fsp3) is 0.240. The molecule has 0 aliphatic heterocycles. The number of nitrogens with zero attached hydrogens (tertiary/aromatic N) is 1. The number of nitrogens with one attached hydrogen (secondary N) is 1. The minimum absolute atomic E-state index is 0.0333. The van der Waals surface area contributed by atoms with Gasteiger partial charge in [0.05, 0.1) is 21.7 Å². The van der Waals surface area contributed by atoms with E-state index in [-0.39, 0.29) is 28.3 Å². The smallest absolute Gasteiger partial charge is 0.264 e. The number of benzene rings is 3. The van der Waals surface area contributed by atoms with Crippen LogP contribution in [0.15, 0.2) is 77.7 Å². The van der Waals surface area contributed by atoms with E-state index in [0.717, 1.165) is 15.4 Å². The molecule has 0 radical (unpaired) electrons. The Hall–Kier alpha value is -3.03. The van der Waals surface area contributed by atoms with Gasteiger partial charge in [-0.1, -0.05) is 53.6 Å². The third-order valence-corrected chi connectivity index (χ3v) is 6.87. The summed E-state index contributed by atoms with van der Waals surface area (Å²) in [6.45, 7) is 5.56. The van der Waals surface area contributed by atoms with Gasteiger partial charge in [0.2, 0.25) is 5.91 Å². The summed E-state index contributed by atoms with van der Waals surface area (Å²) in [6.07, 6.45) is 0.0333. The summed E-state index contributed by atoms with van der Waals surface area (Å²) in [5.41, 5.74) is 2.01. The molecule has 1 N–H and O–H groups in total. The summed E-state index contributed by atoms with van der Waals surface area (Å²) in [7, 11) is -4.02. The fourth-order valence-electron chi connectivity index (χ4n) is 3.18. The standard InChI is InChI=1S/C25H27ClN2O4S/c1-18(2)32-21-8-6-7-20(15-21)16-27-25(29)17-28(24-10-5-4-9-23(24)26)33(30,31)22-13-11-19(3)12-14-22/h4-15,18H,16-17H2,1-3H3,(H,27,29). The normalized spacial score (nSPS) is 11.3. The number of hydrogen-bond donors (Lipinski definition) is 1. The van der Waals surface area contributed by atoms with Gasteiger partial charge in [0.15, 0.2) is 0 Å². The van der Waals surface area contributed by atoms with Crippen LogP contribution in [0.4, 0.5) is 5.69 Å². The minimum Gasteiger partial charge on any atom is -0.491 e. The lowest BCUT2D eigenvalue weighted by Gasteiger charge is -2.25. The number of carbonyl (C=O) groups is 1. The zero-order valence-corrected chi connectivity index (χ0v) is 20.4. The first-order valence-electron chi connectivity index (χ1n) is 10.5. The van der Waals surface area contributed by atoms with Crippen LogP contribution in [0.1, 0.15) is 25.0 Å². The van der Waals surface area contributed by atoms with Gasteiger partial charge in [-0.05, 0) is 62.7 Å². The summed E-state index contributed by atoms with van der Waals surface area (Å²) in [6, 6.07) is 20.4. The summed E-state index contributed by atoms with van der Waals surface area (Å²) >= 11 is 6.30. The second-order valence-electron chi connectivity index (χ2n) is 7.87. The van der Waals surface area contributed by atoms with E-state index in [0.29, 0.717) is 5.75 Å². The van der Waals surface area contributed by atoms with Crippen LogP contribution in [0.3, 0.4) is 0 Å². The molecule has 0 bridgehead atoms. The van der Waals surface area contributed by atoms with Crippen molar-refractivity contribution in [1.29, 1.82) is 0 Å². The highest BCUT2D eigenvalue weighted by molar-refractivity contribution is 7.92. The topological polar surface area (TPSA) is 75.7 Å². The molecule has 0 atom stereocenters. The maximum Gasteiger partial charge on any atom is 0.264 e. The van der Waals surface area contributed by atoms with Gasteiger partial charge < -0.3 is 10.1 Å². The van der Waals surface area contributed by atoms with Crippen LogP contribution < -0.4 is 14.4 Å². The van der Waals surface area contributed by atoms with Gasteiger partial charge in [-0.25, -0.2) is 8.42 Å². The van der Waals surface area contributed by atoms with E-state index in [4.69, 9.17) is 16.3 Å². The molecule has 33 heavy (non-hydrogen) atoms. The molecule has 0 unspecified atom stereocenters. The summed E-state index contributed by atoms with van der Waals surface area (Å²) in [5, 5.41) is 3.02. The molecule has 8 heteroatoms. The average molecular weight is 487 g/mol. The SMILES string of the molecule is Cc1ccc(S(=O)(=O)N(CC(=O)NCc2cccc(OC(C)C)c2)c2ccccc2Cl)cc1. The molecule has 1 amide bonds. The zero-order chi connectivity index (χ0) is 24.0. The third kappa shape index (κ3) is 6.49. The molecule has 0 saturated carbocycles. The highest BCUT2D eigenvalue weighted by atomic mass is 35.5. The van der Waals surface area contributed by atoms with E-state index < -0.39 is 22.5 Å². The molecule has 0 fully saturated rings. The van der Waals surface area contributed by atoms with Gasteiger partial charge >= 0.3 is 0 Å². The van der Waals surface area contributed by atoms with E-state index in [1.54, 1.807) is 36.4 Å². The number of aryl methyl sites for hydroxylation is 1. The molecule has 0 heterocycles. The summed E-state index contributed by atoms with van der Waals surface area (Å²) < 4.78 is 33.6. The Bertz CT molecular complexity index is 1210. The lowest BCUT2D eigenvalue weighted by atomic mass is 10.2. The maximum atomic E-state index is 13.4. The van der Waals surface area contributed by atoms with E-state index >= 15 is 0 Å². The number of rotatable bonds is 9. The maximum absolute atomic E-state index is 13.4. The predicted octanol–water partition coefficient (Wildman–Crippen LogP) is 4.95. The molecule has 174 valence electrons. The quantitative estimate of drug-likeness (QED) is 0.464. The molecular weight excluding hydrogens is 460 g/mol. The van der Waals surface area contributed by atoms with Gasteiger partial charge in [0.1, 0.15) is 12.3 Å². The van der Waals surface area contributed by atoms with Crippen molar-refractivity contribution in [1.82, 2.24) is 5.32 Å². The lowest BCUT2D eigenvalue weighted by Crippen LogP contribution is -2.40. The average Bonchev–Trinajstić information content (AvgIpc) is 2.77. The minimum atomic E-state index is -4.02. The Morgan fingerprint density at radius 1 is 1.03 bits per heavy atom. The Morgan fingerprint density at radius 2 is 1.73 bits per heavy atom. The van der Waals surface area contributed by atoms with Crippen LogP contribution in [0.5, 0.6) is 5.75 Å². The summed E-state index contributed by atoms with van der Waals surface area (Å²) in [5.74, 6) is 0.247. The van der Waals surface area contributed by atoms with Gasteiger partial charge in [0.25, 0.3) is 10.0 Å². The number of para-hydroxylation sites is 1.